The van der Waals surface area contributed by atoms with Crippen LogP contribution in [0.15, 0.2) is 6.33 Å². The topological polar surface area (TPSA) is 47.0 Å². The molecule has 1 saturated carbocycles. The molecule has 0 saturated heterocycles. The van der Waals surface area contributed by atoms with E-state index in [-0.39, 0.29) is 0 Å². The van der Waals surface area contributed by atoms with Crippen molar-refractivity contribution in [2.24, 2.45) is 5.92 Å². The summed E-state index contributed by atoms with van der Waals surface area (Å²) in [6.45, 7) is 4.28. The lowest BCUT2D eigenvalue weighted by atomic mass is 9.83. The number of hydrogen-bond acceptors (Lipinski definition) is 4. The van der Waals surface area contributed by atoms with Gasteiger partial charge in [0.2, 0.25) is 5.88 Å². The molecule has 2 rings (SSSR count). The molecular weight excluding hydrogens is 238 g/mol. The van der Waals surface area contributed by atoms with Gasteiger partial charge in [-0.1, -0.05) is 19.8 Å². The van der Waals surface area contributed by atoms with E-state index in [4.69, 9.17) is 4.74 Å². The molecule has 19 heavy (non-hydrogen) atoms. The van der Waals surface area contributed by atoms with Crippen LogP contribution in [0.3, 0.4) is 0 Å². The van der Waals surface area contributed by atoms with Crippen molar-refractivity contribution in [3.8, 4) is 5.88 Å². The number of ether oxygens (including phenoxy) is 1. The largest absolute Gasteiger partial charge is 0.481 e. The second kappa shape index (κ2) is 6.73. The third-order valence-electron chi connectivity index (χ3n) is 4.12. The summed E-state index contributed by atoms with van der Waals surface area (Å²) >= 11 is 0. The van der Waals surface area contributed by atoms with Crippen molar-refractivity contribution >= 4 is 5.82 Å². The van der Waals surface area contributed by atoms with Crippen LogP contribution in [-0.4, -0.2) is 23.1 Å². The summed E-state index contributed by atoms with van der Waals surface area (Å²) < 4.78 is 5.23. The summed E-state index contributed by atoms with van der Waals surface area (Å²) in [6.07, 6.45) is 9.43. The number of rotatable bonds is 5. The maximum atomic E-state index is 5.23. The number of nitrogens with zero attached hydrogens (tertiary/aromatic N) is 2. The first-order valence-corrected chi connectivity index (χ1v) is 7.36. The van der Waals surface area contributed by atoms with Gasteiger partial charge in [0.25, 0.3) is 0 Å². The molecule has 1 N–H and O–H groups in total. The molecule has 0 aromatic carbocycles. The Hall–Kier alpha value is -1.32. The Bertz CT molecular complexity index is 400. The van der Waals surface area contributed by atoms with Crippen molar-refractivity contribution in [2.45, 2.75) is 58.4 Å². The van der Waals surface area contributed by atoms with Crippen LogP contribution < -0.4 is 10.1 Å². The van der Waals surface area contributed by atoms with Gasteiger partial charge in [-0.25, -0.2) is 9.97 Å². The number of nitrogens with one attached hydrogen (secondary N) is 1. The normalized spacial score (nSPS) is 23.1. The molecule has 0 bridgehead atoms. The van der Waals surface area contributed by atoms with Crippen LogP contribution in [0.5, 0.6) is 5.88 Å². The molecule has 0 aliphatic heterocycles. The molecule has 4 heteroatoms. The van der Waals surface area contributed by atoms with Crippen LogP contribution in [0.4, 0.5) is 5.82 Å². The molecule has 106 valence electrons. The van der Waals surface area contributed by atoms with Gasteiger partial charge in [-0.15, -0.1) is 0 Å². The Morgan fingerprint density at radius 3 is 2.63 bits per heavy atom. The fourth-order valence-electron chi connectivity index (χ4n) is 2.98. The zero-order valence-corrected chi connectivity index (χ0v) is 12.3. The van der Waals surface area contributed by atoms with E-state index in [9.17, 15) is 0 Å². The zero-order valence-electron chi connectivity index (χ0n) is 12.3. The Balaban J connectivity index is 1.92. The smallest absolute Gasteiger partial charge is 0.221 e. The van der Waals surface area contributed by atoms with Gasteiger partial charge in [0.05, 0.1) is 12.7 Å². The summed E-state index contributed by atoms with van der Waals surface area (Å²) in [6, 6.07) is 0.548. The fourth-order valence-corrected chi connectivity index (χ4v) is 2.98. The van der Waals surface area contributed by atoms with Crippen molar-refractivity contribution in [3.63, 3.8) is 0 Å². The number of anilines is 1. The van der Waals surface area contributed by atoms with E-state index in [2.05, 4.69) is 22.2 Å². The van der Waals surface area contributed by atoms with E-state index in [1.54, 1.807) is 13.4 Å². The molecule has 0 unspecified atom stereocenters. The summed E-state index contributed by atoms with van der Waals surface area (Å²) in [5.41, 5.74) is 1.00. The molecule has 0 atom stereocenters. The highest BCUT2D eigenvalue weighted by molar-refractivity contribution is 5.48. The van der Waals surface area contributed by atoms with Crippen LogP contribution in [-0.2, 0) is 0 Å². The molecule has 1 aromatic rings. The molecule has 0 spiro atoms. The van der Waals surface area contributed by atoms with E-state index in [1.165, 1.54) is 38.5 Å². The molecule has 0 amide bonds. The number of hydrogen-bond donors (Lipinski definition) is 1. The van der Waals surface area contributed by atoms with Crippen molar-refractivity contribution in [2.75, 3.05) is 12.4 Å². The van der Waals surface area contributed by atoms with Crippen molar-refractivity contribution in [1.82, 2.24) is 9.97 Å². The lowest BCUT2D eigenvalue weighted by molar-refractivity contribution is 0.318. The minimum atomic E-state index is 0.548. The Kier molecular flexibility index (Phi) is 5.00. The monoisotopic (exact) mass is 263 g/mol. The minimum Gasteiger partial charge on any atom is -0.481 e. The molecule has 4 nitrogen and oxygen atoms in total. The summed E-state index contributed by atoms with van der Waals surface area (Å²) in [4.78, 5) is 8.45. The molecule has 1 aromatic heterocycles. The van der Waals surface area contributed by atoms with E-state index in [0.717, 1.165) is 17.3 Å². The first kappa shape index (κ1) is 14.1. The minimum absolute atomic E-state index is 0.548. The van der Waals surface area contributed by atoms with Gasteiger partial charge in [-0.3, -0.25) is 0 Å². The van der Waals surface area contributed by atoms with Crippen LogP contribution in [0.1, 0.15) is 51.0 Å². The van der Waals surface area contributed by atoms with Crippen LogP contribution in [0.25, 0.3) is 0 Å². The molecule has 0 radical (unpaired) electrons. The third kappa shape index (κ3) is 3.58. The summed E-state index contributed by atoms with van der Waals surface area (Å²) in [7, 11) is 1.65. The summed E-state index contributed by atoms with van der Waals surface area (Å²) in [5, 5.41) is 3.56. The molecule has 1 aliphatic rings. The molecule has 1 aliphatic carbocycles. The quantitative estimate of drug-likeness (QED) is 0.882. The van der Waals surface area contributed by atoms with E-state index < -0.39 is 0 Å². The number of aromatic nitrogens is 2. The van der Waals surface area contributed by atoms with Crippen LogP contribution in [0, 0.1) is 12.8 Å². The van der Waals surface area contributed by atoms with Crippen molar-refractivity contribution in [3.05, 3.63) is 11.9 Å². The maximum absolute atomic E-state index is 5.23. The first-order chi connectivity index (χ1) is 9.24. The van der Waals surface area contributed by atoms with Gasteiger partial charge in [0, 0.05) is 6.04 Å². The van der Waals surface area contributed by atoms with Gasteiger partial charge < -0.3 is 10.1 Å². The first-order valence-electron chi connectivity index (χ1n) is 7.36. The average molecular weight is 263 g/mol. The number of methoxy groups -OCH3 is 1. The van der Waals surface area contributed by atoms with Gasteiger partial charge in [-0.05, 0) is 38.5 Å². The molecule has 1 heterocycles. The molecule has 1 fully saturated rings. The van der Waals surface area contributed by atoms with E-state index >= 15 is 0 Å². The third-order valence-corrected chi connectivity index (χ3v) is 4.12. The highest BCUT2D eigenvalue weighted by Crippen LogP contribution is 2.30. The predicted molar refractivity (Wildman–Crippen MR) is 77.6 cm³/mol. The van der Waals surface area contributed by atoms with Crippen molar-refractivity contribution < 1.29 is 4.74 Å². The fraction of sp³-hybridized carbons (Fsp3) is 0.733. The average Bonchev–Trinajstić information content (AvgIpc) is 2.43. The van der Waals surface area contributed by atoms with Gasteiger partial charge >= 0.3 is 0 Å². The lowest BCUT2D eigenvalue weighted by Crippen LogP contribution is -2.27. The van der Waals surface area contributed by atoms with E-state index in [0.29, 0.717) is 11.9 Å². The van der Waals surface area contributed by atoms with Crippen LogP contribution >= 0.6 is 0 Å². The van der Waals surface area contributed by atoms with Crippen molar-refractivity contribution in [1.29, 1.82) is 0 Å². The zero-order chi connectivity index (χ0) is 13.7. The van der Waals surface area contributed by atoms with Gasteiger partial charge in [-0.2, -0.15) is 0 Å². The van der Waals surface area contributed by atoms with Gasteiger partial charge in [0.15, 0.2) is 0 Å². The second-order valence-electron chi connectivity index (χ2n) is 5.51. The summed E-state index contributed by atoms with van der Waals surface area (Å²) in [5.74, 6) is 2.52. The second-order valence-corrected chi connectivity index (χ2v) is 5.51. The SMILES string of the molecule is CCCC1CCC(Nc2ncnc(OC)c2C)CC1. The lowest BCUT2D eigenvalue weighted by Gasteiger charge is -2.29. The van der Waals surface area contributed by atoms with Gasteiger partial charge in [0.1, 0.15) is 12.1 Å². The highest BCUT2D eigenvalue weighted by Gasteiger charge is 2.21. The standard InChI is InChI=1S/C15H25N3O/c1-4-5-12-6-8-13(9-7-12)18-14-11(2)15(19-3)17-10-16-14/h10,12-13H,4-9H2,1-3H3,(H,16,17,18). The maximum Gasteiger partial charge on any atom is 0.221 e. The predicted octanol–water partition coefficient (Wildman–Crippen LogP) is 3.56. The Morgan fingerprint density at radius 1 is 1.26 bits per heavy atom. The Morgan fingerprint density at radius 2 is 2.00 bits per heavy atom. The molecular formula is C15H25N3O. The van der Waals surface area contributed by atoms with Crippen LogP contribution in [0.2, 0.25) is 0 Å². The Labute approximate surface area is 116 Å². The van der Waals surface area contributed by atoms with E-state index in [1.807, 2.05) is 6.92 Å². The highest BCUT2D eigenvalue weighted by atomic mass is 16.5.